The molecule has 2 rings (SSSR count). The number of rotatable bonds is 7. The number of nitrogens with one attached hydrogen (secondary N) is 1. The van der Waals surface area contributed by atoms with Crippen molar-refractivity contribution in [3.63, 3.8) is 0 Å². The normalized spacial score (nSPS) is 19.6. The second kappa shape index (κ2) is 10.0. The average Bonchev–Trinajstić information content (AvgIpc) is 3.03. The summed E-state index contributed by atoms with van der Waals surface area (Å²) in [5.41, 5.74) is 1.89. The molecule has 6 heteroatoms. The Morgan fingerprint density at radius 3 is 2.56 bits per heavy atom. The van der Waals surface area contributed by atoms with E-state index < -0.39 is 6.04 Å². The van der Waals surface area contributed by atoms with Crippen molar-refractivity contribution in [1.82, 2.24) is 4.90 Å². The number of esters is 1. The van der Waals surface area contributed by atoms with E-state index in [1.807, 2.05) is 38.1 Å². The van der Waals surface area contributed by atoms with Gasteiger partial charge in [0, 0.05) is 11.4 Å². The van der Waals surface area contributed by atoms with Crippen LogP contribution in [0, 0.1) is 11.8 Å². The lowest BCUT2D eigenvalue weighted by Gasteiger charge is -2.29. The van der Waals surface area contributed by atoms with Crippen molar-refractivity contribution in [1.29, 1.82) is 0 Å². The fourth-order valence-corrected chi connectivity index (χ4v) is 4.70. The maximum atomic E-state index is 13.1. The van der Waals surface area contributed by atoms with Crippen LogP contribution in [0.25, 0.3) is 0 Å². The second-order valence-electron chi connectivity index (χ2n) is 7.81. The summed E-state index contributed by atoms with van der Waals surface area (Å²) < 4.78 is 5.44. The Kier molecular flexibility index (Phi) is 8.02. The van der Waals surface area contributed by atoms with E-state index in [1.165, 1.54) is 0 Å². The predicted octanol–water partition coefficient (Wildman–Crippen LogP) is 4.77. The molecule has 1 N–H and O–H groups in total. The van der Waals surface area contributed by atoms with Crippen LogP contribution in [0.5, 0.6) is 0 Å². The van der Waals surface area contributed by atoms with E-state index in [0.29, 0.717) is 18.3 Å². The van der Waals surface area contributed by atoms with Crippen molar-refractivity contribution < 1.29 is 14.3 Å². The number of carbonyl (C=O) groups excluding carboxylic acids is 2. The molecule has 27 heavy (non-hydrogen) atoms. The molecule has 1 saturated heterocycles. The van der Waals surface area contributed by atoms with Crippen molar-refractivity contribution in [2.45, 2.75) is 58.9 Å². The van der Waals surface area contributed by atoms with Crippen LogP contribution in [0.3, 0.4) is 0 Å². The highest BCUT2D eigenvalue weighted by Crippen LogP contribution is 2.34. The molecule has 1 aromatic rings. The van der Waals surface area contributed by atoms with E-state index >= 15 is 0 Å². The molecule has 5 nitrogen and oxygen atoms in total. The van der Waals surface area contributed by atoms with Gasteiger partial charge in [0.25, 0.3) is 0 Å². The highest BCUT2D eigenvalue weighted by atomic mass is 32.2. The number of hydrogen-bond donors (Lipinski definition) is 1. The molecule has 1 aliphatic heterocycles. The molecule has 0 aromatic heterocycles. The molecule has 0 bridgehead atoms. The Morgan fingerprint density at radius 2 is 1.93 bits per heavy atom. The number of aryl methyl sites for hydroxylation is 1. The third-order valence-electron chi connectivity index (χ3n) is 4.47. The van der Waals surface area contributed by atoms with Crippen LogP contribution in [0.4, 0.5) is 10.5 Å². The number of urea groups is 1. The molecular formula is C21H32N2O3S. The smallest absolute Gasteiger partial charge is 0.329 e. The largest absolute Gasteiger partial charge is 0.464 e. The van der Waals surface area contributed by atoms with Crippen LogP contribution in [0.1, 0.15) is 46.6 Å². The lowest BCUT2D eigenvalue weighted by atomic mass is 10.1. The summed E-state index contributed by atoms with van der Waals surface area (Å²) in [4.78, 5) is 27.4. The zero-order valence-electron chi connectivity index (χ0n) is 17.0. The van der Waals surface area contributed by atoms with E-state index in [4.69, 9.17) is 4.74 Å². The van der Waals surface area contributed by atoms with Gasteiger partial charge in [0.15, 0.2) is 0 Å². The lowest BCUT2D eigenvalue weighted by Crippen LogP contribution is -2.48. The third kappa shape index (κ3) is 5.89. The van der Waals surface area contributed by atoms with Gasteiger partial charge in [0.05, 0.1) is 12.0 Å². The number of ether oxygens (including phenoxy) is 1. The van der Waals surface area contributed by atoms with Crippen LogP contribution in [-0.4, -0.2) is 40.7 Å². The van der Waals surface area contributed by atoms with Gasteiger partial charge in [-0.05, 0) is 36.3 Å². The number of thioether (sulfide) groups is 1. The van der Waals surface area contributed by atoms with E-state index in [9.17, 15) is 9.59 Å². The topological polar surface area (TPSA) is 58.6 Å². The van der Waals surface area contributed by atoms with Gasteiger partial charge in [-0.15, -0.1) is 11.8 Å². The molecule has 150 valence electrons. The molecule has 1 aromatic carbocycles. The monoisotopic (exact) mass is 392 g/mol. The Balaban J connectivity index is 2.18. The molecule has 1 fully saturated rings. The zero-order chi connectivity index (χ0) is 20.0. The fourth-order valence-electron chi connectivity index (χ4n) is 3.08. The van der Waals surface area contributed by atoms with Crippen molar-refractivity contribution >= 4 is 29.4 Å². The quantitative estimate of drug-likeness (QED) is 0.679. The minimum Gasteiger partial charge on any atom is -0.464 e. The van der Waals surface area contributed by atoms with Crippen molar-refractivity contribution in [2.75, 3.05) is 17.7 Å². The number of para-hydroxylation sites is 1. The summed E-state index contributed by atoms with van der Waals surface area (Å²) in [5, 5.41) is 3.00. The number of anilines is 1. The fraction of sp³-hybridized carbons (Fsp3) is 0.619. The first-order valence-electron chi connectivity index (χ1n) is 9.78. The first-order chi connectivity index (χ1) is 12.8. The minimum atomic E-state index is -0.536. The SMILES string of the molecule is CCc1ccccc1NC(=O)N1C(CC(C)C)SCC1C(=O)OCC(C)C. The molecule has 0 aliphatic carbocycles. The summed E-state index contributed by atoms with van der Waals surface area (Å²) >= 11 is 1.66. The second-order valence-corrected chi connectivity index (χ2v) is 9.02. The summed E-state index contributed by atoms with van der Waals surface area (Å²) in [7, 11) is 0. The molecule has 2 atom stereocenters. The van der Waals surface area contributed by atoms with Gasteiger partial charge in [0.2, 0.25) is 0 Å². The van der Waals surface area contributed by atoms with Gasteiger partial charge in [-0.2, -0.15) is 0 Å². The van der Waals surface area contributed by atoms with Gasteiger partial charge in [0.1, 0.15) is 6.04 Å². The highest BCUT2D eigenvalue weighted by molar-refractivity contribution is 8.00. The lowest BCUT2D eigenvalue weighted by molar-refractivity contribution is -0.149. The molecule has 2 amide bonds. The van der Waals surface area contributed by atoms with Crippen LogP contribution < -0.4 is 5.32 Å². The molecule has 1 aliphatic rings. The van der Waals surface area contributed by atoms with Crippen LogP contribution in [0.15, 0.2) is 24.3 Å². The molecule has 1 heterocycles. The standard InChI is InChI=1S/C21H32N2O3S/c1-6-16-9-7-8-10-17(16)22-21(25)23-18(20(24)26-12-15(4)5)13-27-19(23)11-14(2)3/h7-10,14-15,18-19H,6,11-13H2,1-5H3,(H,22,25). The maximum Gasteiger partial charge on any atom is 0.329 e. The minimum absolute atomic E-state index is 0.0182. The van der Waals surface area contributed by atoms with Crippen LogP contribution in [0.2, 0.25) is 0 Å². The van der Waals surface area contributed by atoms with Crippen LogP contribution in [-0.2, 0) is 16.0 Å². The number of hydrogen-bond acceptors (Lipinski definition) is 4. The number of amides is 2. The molecule has 2 unspecified atom stereocenters. The van der Waals surface area contributed by atoms with Crippen molar-refractivity contribution in [2.24, 2.45) is 11.8 Å². The summed E-state index contributed by atoms with van der Waals surface area (Å²) in [6.07, 6.45) is 1.68. The summed E-state index contributed by atoms with van der Waals surface area (Å²) in [6.45, 7) is 10.7. The molecular weight excluding hydrogens is 360 g/mol. The first-order valence-corrected chi connectivity index (χ1v) is 10.8. The zero-order valence-corrected chi connectivity index (χ0v) is 17.8. The van der Waals surface area contributed by atoms with Gasteiger partial charge in [-0.3, -0.25) is 4.90 Å². The highest BCUT2D eigenvalue weighted by Gasteiger charge is 2.42. The van der Waals surface area contributed by atoms with Gasteiger partial charge >= 0.3 is 12.0 Å². The van der Waals surface area contributed by atoms with Gasteiger partial charge in [-0.25, -0.2) is 9.59 Å². The average molecular weight is 393 g/mol. The number of benzene rings is 1. The van der Waals surface area contributed by atoms with E-state index in [0.717, 1.165) is 24.1 Å². The van der Waals surface area contributed by atoms with Gasteiger partial charge in [-0.1, -0.05) is 52.8 Å². The van der Waals surface area contributed by atoms with Crippen LogP contribution >= 0.6 is 11.8 Å². The first kappa shape index (κ1) is 21.6. The summed E-state index contributed by atoms with van der Waals surface area (Å²) in [5.74, 6) is 0.984. The molecule has 0 radical (unpaired) electrons. The Hall–Kier alpha value is -1.69. The Bertz CT molecular complexity index is 648. The number of carbonyl (C=O) groups is 2. The Morgan fingerprint density at radius 1 is 1.22 bits per heavy atom. The molecule has 0 spiro atoms. The molecule has 0 saturated carbocycles. The summed E-state index contributed by atoms with van der Waals surface area (Å²) in [6, 6.07) is 7.03. The van der Waals surface area contributed by atoms with Crippen molar-refractivity contribution in [3.05, 3.63) is 29.8 Å². The third-order valence-corrected chi connectivity index (χ3v) is 5.78. The van der Waals surface area contributed by atoms with Gasteiger partial charge < -0.3 is 10.1 Å². The predicted molar refractivity (Wildman–Crippen MR) is 112 cm³/mol. The van der Waals surface area contributed by atoms with E-state index in [1.54, 1.807) is 16.7 Å². The number of nitrogens with zero attached hydrogens (tertiary/aromatic N) is 1. The Labute approximate surface area is 167 Å². The maximum absolute atomic E-state index is 13.1. The van der Waals surface area contributed by atoms with E-state index in [-0.39, 0.29) is 23.3 Å². The van der Waals surface area contributed by atoms with E-state index in [2.05, 4.69) is 26.1 Å². The van der Waals surface area contributed by atoms with Crippen molar-refractivity contribution in [3.8, 4) is 0 Å².